The number of unbranched alkanes of at least 4 members (excludes halogenated alkanes) is 5. The lowest BCUT2D eigenvalue weighted by Gasteiger charge is -2.45. The van der Waals surface area contributed by atoms with E-state index in [0.717, 1.165) is 22.7 Å². The summed E-state index contributed by atoms with van der Waals surface area (Å²) in [4.78, 5) is 0. The number of hydrogen-bond acceptors (Lipinski definition) is 1. The number of hydrogen-bond donors (Lipinski definition) is 0. The average molecular weight is 591 g/mol. The van der Waals surface area contributed by atoms with Crippen LogP contribution in [0.25, 0.3) is 0 Å². The summed E-state index contributed by atoms with van der Waals surface area (Å²) < 4.78 is 8.68. The summed E-state index contributed by atoms with van der Waals surface area (Å²) in [6.07, 6.45) is 14.1. The van der Waals surface area contributed by atoms with Crippen LogP contribution in [0.1, 0.15) is 91.9 Å². The molecule has 0 radical (unpaired) electrons. The molecule has 0 N–H and O–H groups in total. The molecule has 0 aromatic heterocycles. The lowest BCUT2D eigenvalue weighted by molar-refractivity contribution is 0.166. The molecule has 0 amide bonds. The van der Waals surface area contributed by atoms with E-state index >= 15 is 0 Å². The van der Waals surface area contributed by atoms with E-state index in [1.54, 1.807) is 0 Å². The highest BCUT2D eigenvalue weighted by atomic mass is 127. The van der Waals surface area contributed by atoms with E-state index in [2.05, 4.69) is 111 Å². The number of halogens is 1. The Morgan fingerprint density at radius 1 is 0.853 bits per heavy atom. The van der Waals surface area contributed by atoms with Crippen molar-refractivity contribution in [3.8, 4) is 0 Å². The zero-order chi connectivity index (χ0) is 24.4. The van der Waals surface area contributed by atoms with Gasteiger partial charge < -0.3 is 4.43 Å². The Balaban J connectivity index is 1.74. The third-order valence-corrected chi connectivity index (χ3v) is 13.5. The van der Waals surface area contributed by atoms with Crippen molar-refractivity contribution < 1.29 is 4.43 Å². The molecule has 3 unspecified atom stereocenters. The first-order chi connectivity index (χ1) is 16.4. The lowest BCUT2D eigenvalue weighted by atomic mass is 10.0. The third-order valence-electron chi connectivity index (χ3n) is 7.75. The van der Waals surface area contributed by atoms with Crippen LogP contribution in [0.5, 0.6) is 0 Å². The molecule has 3 atom stereocenters. The molecule has 0 aliphatic heterocycles. The van der Waals surface area contributed by atoms with Crippen LogP contribution < -0.4 is 10.4 Å². The first-order valence-electron chi connectivity index (χ1n) is 13.8. The van der Waals surface area contributed by atoms with Crippen LogP contribution in [0.2, 0.25) is 5.04 Å². The highest BCUT2D eigenvalue weighted by Crippen LogP contribution is 2.47. The van der Waals surface area contributed by atoms with Gasteiger partial charge in [0.2, 0.25) is 0 Å². The van der Waals surface area contributed by atoms with Gasteiger partial charge in [0.05, 0.1) is 0 Å². The van der Waals surface area contributed by atoms with Gasteiger partial charge in [-0.2, -0.15) is 0 Å². The maximum Gasteiger partial charge on any atom is 0.261 e. The molecule has 3 rings (SSSR count). The molecule has 1 aliphatic carbocycles. The van der Waals surface area contributed by atoms with E-state index in [1.807, 2.05) is 0 Å². The van der Waals surface area contributed by atoms with E-state index in [0.29, 0.717) is 6.10 Å². The Morgan fingerprint density at radius 2 is 1.41 bits per heavy atom. The van der Waals surface area contributed by atoms with Gasteiger partial charge in [0.1, 0.15) is 0 Å². The first-order valence-corrected chi connectivity index (χ1v) is 17.2. The van der Waals surface area contributed by atoms with Gasteiger partial charge >= 0.3 is 0 Å². The lowest BCUT2D eigenvalue weighted by Crippen LogP contribution is -2.67. The zero-order valence-corrected chi connectivity index (χ0v) is 25.2. The van der Waals surface area contributed by atoms with Gasteiger partial charge in [-0.25, -0.2) is 0 Å². The average Bonchev–Trinajstić information content (AvgIpc) is 3.57. The second kappa shape index (κ2) is 13.6. The summed E-state index contributed by atoms with van der Waals surface area (Å²) >= 11 is 2.55. The van der Waals surface area contributed by atoms with Crippen LogP contribution in [0.4, 0.5) is 0 Å². The third kappa shape index (κ3) is 7.43. The highest BCUT2D eigenvalue weighted by molar-refractivity contribution is 14.1. The molecular formula is C31H47IOSi. The second-order valence-electron chi connectivity index (χ2n) is 11.4. The molecule has 1 aliphatic rings. The summed E-state index contributed by atoms with van der Waals surface area (Å²) in [5, 5.41) is 2.87. The van der Waals surface area contributed by atoms with Crippen LogP contribution in [-0.2, 0) is 4.43 Å². The van der Waals surface area contributed by atoms with E-state index in [1.165, 1.54) is 68.2 Å². The molecule has 0 heterocycles. The predicted octanol–water partition coefficient (Wildman–Crippen LogP) is 8.53. The van der Waals surface area contributed by atoms with Crippen LogP contribution in [0.3, 0.4) is 0 Å². The summed E-state index contributed by atoms with van der Waals surface area (Å²) in [6, 6.07) is 22.3. The van der Waals surface area contributed by atoms with Gasteiger partial charge in [-0.15, -0.1) is 0 Å². The molecule has 2 aromatic carbocycles. The minimum absolute atomic E-state index is 0.0562. The second-order valence-corrected chi connectivity index (χ2v) is 16.8. The standard InChI is InChI=1S/C31H47IOSi/c1-5-6-7-8-9-12-17-26-24-27(26)25-28(22-23-32)33-34(31(2,3)4,29-18-13-10-14-19-29)30-20-15-11-16-21-30/h10-11,13-16,18-21,26-28H,5-9,12,17,22-25H2,1-4H3. The summed E-state index contributed by atoms with van der Waals surface area (Å²) in [5.41, 5.74) is 0. The van der Waals surface area contributed by atoms with Crippen molar-refractivity contribution in [1.29, 1.82) is 0 Å². The summed E-state index contributed by atoms with van der Waals surface area (Å²) in [5.74, 6) is 1.83. The highest BCUT2D eigenvalue weighted by Gasteiger charge is 2.52. The van der Waals surface area contributed by atoms with Crippen LogP contribution in [0, 0.1) is 11.8 Å². The first kappa shape index (κ1) is 27.9. The van der Waals surface area contributed by atoms with Gasteiger partial charge in [0, 0.05) is 10.5 Å². The van der Waals surface area contributed by atoms with E-state index in [4.69, 9.17) is 4.43 Å². The van der Waals surface area contributed by atoms with Gasteiger partial charge in [-0.3, -0.25) is 0 Å². The van der Waals surface area contributed by atoms with E-state index in [9.17, 15) is 0 Å². The maximum atomic E-state index is 7.52. The molecule has 3 heteroatoms. The molecule has 1 fully saturated rings. The van der Waals surface area contributed by atoms with Gasteiger partial charge in [-0.1, -0.05) is 156 Å². The Bertz CT molecular complexity index is 777. The Morgan fingerprint density at radius 3 is 1.94 bits per heavy atom. The minimum Gasteiger partial charge on any atom is -0.404 e. The van der Waals surface area contributed by atoms with Gasteiger partial charge in [0.15, 0.2) is 0 Å². The van der Waals surface area contributed by atoms with Crippen molar-refractivity contribution in [3.05, 3.63) is 60.7 Å². The van der Waals surface area contributed by atoms with Crippen LogP contribution in [-0.4, -0.2) is 18.8 Å². The van der Waals surface area contributed by atoms with E-state index in [-0.39, 0.29) is 5.04 Å². The van der Waals surface area contributed by atoms with Gasteiger partial charge in [-0.05, 0) is 46.5 Å². The molecule has 0 spiro atoms. The molecular weight excluding hydrogens is 543 g/mol. The number of benzene rings is 2. The normalized spacial score (nSPS) is 19.2. The predicted molar refractivity (Wildman–Crippen MR) is 160 cm³/mol. The smallest absolute Gasteiger partial charge is 0.261 e. The molecule has 188 valence electrons. The monoisotopic (exact) mass is 590 g/mol. The van der Waals surface area contributed by atoms with Crippen LogP contribution >= 0.6 is 22.6 Å². The quantitative estimate of drug-likeness (QED) is 0.0875. The van der Waals surface area contributed by atoms with Crippen molar-refractivity contribution in [2.45, 2.75) is 103 Å². The van der Waals surface area contributed by atoms with Crippen molar-refractivity contribution >= 4 is 41.3 Å². The molecule has 0 saturated heterocycles. The van der Waals surface area contributed by atoms with Crippen molar-refractivity contribution in [3.63, 3.8) is 0 Å². The largest absolute Gasteiger partial charge is 0.404 e. The fraction of sp³-hybridized carbons (Fsp3) is 0.613. The van der Waals surface area contributed by atoms with E-state index < -0.39 is 8.32 Å². The topological polar surface area (TPSA) is 9.23 Å². The maximum absolute atomic E-state index is 7.52. The SMILES string of the molecule is CCCCCCCCC1CC1CC(CCI)O[Si](c1ccccc1)(c1ccccc1)C(C)(C)C. The molecule has 2 aromatic rings. The van der Waals surface area contributed by atoms with Gasteiger partial charge in [0.25, 0.3) is 8.32 Å². The fourth-order valence-corrected chi connectivity index (χ4v) is 11.2. The summed E-state index contributed by atoms with van der Waals surface area (Å²) in [6.45, 7) is 9.51. The Labute approximate surface area is 224 Å². The zero-order valence-electron chi connectivity index (χ0n) is 22.1. The molecule has 0 bridgehead atoms. The van der Waals surface area contributed by atoms with Crippen molar-refractivity contribution in [2.24, 2.45) is 11.8 Å². The number of alkyl halides is 1. The molecule has 1 nitrogen and oxygen atoms in total. The van der Waals surface area contributed by atoms with Crippen molar-refractivity contribution in [1.82, 2.24) is 0 Å². The Hall–Kier alpha value is -0.653. The fourth-order valence-electron chi connectivity index (χ4n) is 5.76. The minimum atomic E-state index is -2.46. The Kier molecular flexibility index (Phi) is 11.2. The molecule has 1 saturated carbocycles. The molecule has 34 heavy (non-hydrogen) atoms. The van der Waals surface area contributed by atoms with Crippen LogP contribution in [0.15, 0.2) is 60.7 Å². The van der Waals surface area contributed by atoms with Crippen molar-refractivity contribution in [2.75, 3.05) is 4.43 Å². The summed E-state index contributed by atoms with van der Waals surface area (Å²) in [7, 11) is -2.46. The number of rotatable bonds is 15.